The quantitative estimate of drug-likeness (QED) is 0.100. The Bertz CT molecular complexity index is 6390. The predicted octanol–water partition coefficient (Wildman–Crippen LogP) is 26.9. The Kier molecular flexibility index (Phi) is 21.0. The average molecular weight is 1630 g/mol. The zero-order chi connectivity index (χ0) is 84.4. The van der Waals surface area contributed by atoms with Crippen LogP contribution in [-0.4, -0.2) is 20.1 Å². The van der Waals surface area contributed by atoms with Crippen LogP contribution in [0.25, 0.3) is 33.4 Å². The van der Waals surface area contributed by atoms with Crippen molar-refractivity contribution < 1.29 is 0 Å². The van der Waals surface area contributed by atoms with E-state index in [1.807, 2.05) is 23.2 Å². The summed E-state index contributed by atoms with van der Waals surface area (Å²) in [7, 11) is -2.68. The van der Waals surface area contributed by atoms with Crippen LogP contribution in [0.4, 0.5) is 51.2 Å². The molecule has 0 aliphatic carbocycles. The highest BCUT2D eigenvalue weighted by Crippen LogP contribution is 2.57. The highest BCUT2D eigenvalue weighted by atomic mass is 32.2. The first kappa shape index (κ1) is 80.5. The van der Waals surface area contributed by atoms with E-state index in [4.69, 9.17) is 0 Å². The van der Waals surface area contributed by atoms with E-state index in [0.29, 0.717) is 35.5 Å². The number of rotatable bonds is 14. The standard InChI is InChI=1S/C63H61BN2S.C51H48BNSSi/c1-39(2)44-34-48(40(3)4)61(49(35-44)41(5)6)64-55-31-30-46(38-50(55)47-22-14-19-27-60(47)67-64)66-57-26-18-16-24-52(57)63(9,10)54-37-43(29-33-59(54)66)42-28-32-58-53(36-42)62(7,8)51-23-15-17-25-56(51)65(58)45-20-12-11-13-21-45;1-34(2)37-31-42(35(3)4)51(43(32-37)36(5)6)52-45-30-29-38(33-44(45)41-23-13-16-26-48(41)54-52)53-46-24-14-17-27-49(46)55(39-19-9-7-10-20-39,40-21-11-8-12-22-40)50-28-18-15-25-47(50)53/h11-41H,1-10H3;7-36H,1-6H3. The fraction of sp³-hybridized carbons (Fsp3) is 0.211. The van der Waals surface area contributed by atoms with E-state index in [-0.39, 0.29) is 22.8 Å². The lowest BCUT2D eigenvalue weighted by Gasteiger charge is -2.45. The molecule has 0 spiro atoms. The SMILES string of the molecule is CC(C)c1cc(C(C)C)c(B2Sc3ccccc3-c3cc(N4c5ccccc5C(C)(C)c5cc(-c6ccc7c(c6)C(C)(C)c6ccccc6N7c6ccccc6)ccc54)ccc32)c(C(C)C)c1.CC(C)c1cc(C(C)C)c(B2Sc3ccccc3-c3cc(N4c5ccccc5[Si](c5ccccc5)(c5ccccc5)c5ccccc54)ccc32)c(C(C)C)c1. The van der Waals surface area contributed by atoms with E-state index >= 15 is 0 Å². The minimum absolute atomic E-state index is 0.187. The Morgan fingerprint density at radius 3 is 0.967 bits per heavy atom. The lowest BCUT2D eigenvalue weighted by molar-refractivity contribution is 0.631. The third-order valence-electron chi connectivity index (χ3n) is 27.2. The van der Waals surface area contributed by atoms with Crippen molar-refractivity contribution in [3.8, 4) is 33.4 Å². The van der Waals surface area contributed by atoms with Crippen molar-refractivity contribution in [2.75, 3.05) is 14.7 Å². The fourth-order valence-corrected chi connectivity index (χ4v) is 28.9. The molecule has 122 heavy (non-hydrogen) atoms. The molecule has 3 nitrogen and oxygen atoms in total. The summed E-state index contributed by atoms with van der Waals surface area (Å²) in [6.45, 7) is 37.9. The molecular weight excluding hydrogens is 1530 g/mol. The monoisotopic (exact) mass is 1630 g/mol. The first-order valence-electron chi connectivity index (χ1n) is 44.4. The minimum atomic E-state index is -2.68. The highest BCUT2D eigenvalue weighted by molar-refractivity contribution is 8.28. The second-order valence-corrected chi connectivity index (χ2v) is 43.3. The van der Waals surface area contributed by atoms with Crippen LogP contribution >= 0.6 is 23.2 Å². The van der Waals surface area contributed by atoms with Gasteiger partial charge in [0.1, 0.15) is 0 Å². The summed E-state index contributed by atoms with van der Waals surface area (Å²) in [4.78, 5) is 10.2. The second kappa shape index (κ2) is 31.9. The van der Waals surface area contributed by atoms with Crippen LogP contribution in [0.1, 0.15) is 202 Å². The van der Waals surface area contributed by atoms with Gasteiger partial charge in [-0.25, -0.2) is 0 Å². The average Bonchev–Trinajstić information content (AvgIpc) is 0.502. The van der Waals surface area contributed by atoms with Gasteiger partial charge in [-0.1, -0.05) is 369 Å². The minimum Gasteiger partial charge on any atom is -0.311 e. The van der Waals surface area contributed by atoms with E-state index < -0.39 is 8.07 Å². The van der Waals surface area contributed by atoms with Gasteiger partial charge in [0.25, 0.3) is 12.0 Å². The molecule has 0 atom stereocenters. The number of hydrogen-bond donors (Lipinski definition) is 0. The van der Waals surface area contributed by atoms with Gasteiger partial charge < -0.3 is 14.7 Å². The predicted molar refractivity (Wildman–Crippen MR) is 534 cm³/mol. The largest absolute Gasteiger partial charge is 0.311 e. The van der Waals surface area contributed by atoms with Gasteiger partial charge in [0.15, 0.2) is 8.07 Å². The van der Waals surface area contributed by atoms with Gasteiger partial charge >= 0.3 is 0 Å². The smallest absolute Gasteiger partial charge is 0.282 e. The van der Waals surface area contributed by atoms with Crippen LogP contribution < -0.4 is 57.3 Å². The van der Waals surface area contributed by atoms with Gasteiger partial charge in [-0.2, -0.15) is 23.2 Å². The van der Waals surface area contributed by atoms with Crippen LogP contribution in [0, 0.1) is 0 Å². The summed E-state index contributed by atoms with van der Waals surface area (Å²) in [5.41, 5.74) is 38.4. The fourth-order valence-electron chi connectivity index (χ4n) is 20.9. The summed E-state index contributed by atoms with van der Waals surface area (Å²) in [6.07, 6.45) is 0. The molecule has 0 radical (unpaired) electrons. The zero-order valence-corrected chi connectivity index (χ0v) is 76.2. The normalized spacial score (nSPS) is 14.7. The molecule has 0 bridgehead atoms. The third kappa shape index (κ3) is 13.4. The highest BCUT2D eigenvalue weighted by Gasteiger charge is 2.50. The zero-order valence-electron chi connectivity index (χ0n) is 73.5. The first-order valence-corrected chi connectivity index (χ1v) is 48.2. The molecule has 5 aliphatic heterocycles. The van der Waals surface area contributed by atoms with Crippen molar-refractivity contribution in [2.24, 2.45) is 0 Å². The van der Waals surface area contributed by atoms with Gasteiger partial charge in [-0.05, 0) is 242 Å². The molecule has 0 N–H and O–H groups in total. The summed E-state index contributed by atoms with van der Waals surface area (Å²) in [6, 6.07) is 127. The van der Waals surface area contributed by atoms with Crippen LogP contribution in [0.3, 0.4) is 0 Å². The number of nitrogens with zero attached hydrogens (tertiary/aromatic N) is 3. The van der Waals surface area contributed by atoms with E-state index in [1.54, 1.807) is 0 Å². The molecule has 15 aromatic carbocycles. The third-order valence-corrected chi connectivity index (χ3v) is 34.7. The van der Waals surface area contributed by atoms with Crippen LogP contribution in [0.5, 0.6) is 0 Å². The Labute approximate surface area is 735 Å². The van der Waals surface area contributed by atoms with Gasteiger partial charge in [0, 0.05) is 49.1 Å². The molecule has 0 unspecified atom stereocenters. The molecule has 5 heterocycles. The van der Waals surface area contributed by atoms with Crippen molar-refractivity contribution >= 4 is 137 Å². The van der Waals surface area contributed by atoms with Gasteiger partial charge in [0.05, 0.1) is 22.7 Å². The Hall–Kier alpha value is -11.3. The van der Waals surface area contributed by atoms with Crippen molar-refractivity contribution in [1.29, 1.82) is 0 Å². The van der Waals surface area contributed by atoms with Gasteiger partial charge in [-0.3, -0.25) is 0 Å². The molecule has 15 aromatic rings. The van der Waals surface area contributed by atoms with E-state index in [9.17, 15) is 0 Å². The Morgan fingerprint density at radius 1 is 0.262 bits per heavy atom. The van der Waals surface area contributed by atoms with Crippen molar-refractivity contribution in [2.45, 2.75) is 167 Å². The molecule has 0 aromatic heterocycles. The summed E-state index contributed by atoms with van der Waals surface area (Å²) in [5, 5.41) is 5.66. The maximum atomic E-state index is 2.55. The van der Waals surface area contributed by atoms with Gasteiger partial charge in [-0.15, -0.1) is 0 Å². The second-order valence-electron chi connectivity index (χ2n) is 37.3. The molecular formula is C114H109B2N3S2Si. The Balaban J connectivity index is 0.000000164. The number of anilines is 9. The van der Waals surface area contributed by atoms with Crippen molar-refractivity contribution in [3.63, 3.8) is 0 Å². The van der Waals surface area contributed by atoms with Crippen LogP contribution in [0.2, 0.25) is 0 Å². The molecule has 602 valence electrons. The molecule has 0 saturated carbocycles. The number of fused-ring (bicyclic) bond motifs is 12. The molecule has 0 fully saturated rings. The number of para-hydroxylation sites is 5. The molecule has 5 aliphatic rings. The first-order chi connectivity index (χ1) is 59.0. The van der Waals surface area contributed by atoms with E-state index in [0.717, 1.165) is 0 Å². The molecule has 0 saturated heterocycles. The maximum absolute atomic E-state index is 2.68. The number of benzene rings is 15. The van der Waals surface area contributed by atoms with Crippen molar-refractivity contribution in [1.82, 2.24) is 0 Å². The van der Waals surface area contributed by atoms with Crippen molar-refractivity contribution in [3.05, 3.63) is 389 Å². The summed E-state index contributed by atoms with van der Waals surface area (Å²) in [5.74, 6) is 3.02. The Morgan fingerprint density at radius 2 is 0.582 bits per heavy atom. The lowest BCUT2D eigenvalue weighted by Crippen LogP contribution is -2.77. The molecule has 0 amide bonds. The summed E-state index contributed by atoms with van der Waals surface area (Å²) >= 11 is 4.07. The lowest BCUT2D eigenvalue weighted by atomic mass is 9.54. The summed E-state index contributed by atoms with van der Waals surface area (Å²) < 4.78 is 0. The van der Waals surface area contributed by atoms with Crippen LogP contribution in [0.15, 0.2) is 343 Å². The van der Waals surface area contributed by atoms with E-state index in [1.165, 1.54) is 193 Å². The maximum Gasteiger partial charge on any atom is 0.282 e. The van der Waals surface area contributed by atoms with E-state index in [2.05, 4.69) is 459 Å². The molecule has 8 heteroatoms. The number of hydrogen-bond acceptors (Lipinski definition) is 5. The topological polar surface area (TPSA) is 9.72 Å². The molecule has 20 rings (SSSR count). The van der Waals surface area contributed by atoms with Crippen LogP contribution in [-0.2, 0) is 10.8 Å². The van der Waals surface area contributed by atoms with Gasteiger partial charge in [0.2, 0.25) is 0 Å².